The van der Waals surface area contributed by atoms with Gasteiger partial charge in [-0.15, -0.1) is 0 Å². The number of methoxy groups -OCH3 is 6. The van der Waals surface area contributed by atoms with E-state index in [1.807, 2.05) is 84.9 Å². The van der Waals surface area contributed by atoms with Crippen LogP contribution < -0.4 is 28.4 Å². The minimum absolute atomic E-state index is 0.480. The molecule has 59 heavy (non-hydrogen) atoms. The van der Waals surface area contributed by atoms with E-state index < -0.39 is 0 Å². The third kappa shape index (κ3) is 5.32. The summed E-state index contributed by atoms with van der Waals surface area (Å²) in [5.41, 5.74) is 8.27. The van der Waals surface area contributed by atoms with Crippen LogP contribution in [0.25, 0.3) is 82.5 Å². The maximum Gasteiger partial charge on any atom is 0.119 e. The predicted octanol–water partition coefficient (Wildman–Crippen LogP) is 10.9. The van der Waals surface area contributed by atoms with Gasteiger partial charge in [-0.1, -0.05) is 0 Å². The number of aromatic nitrogens is 3. The molecule has 0 spiro atoms. The van der Waals surface area contributed by atoms with Gasteiger partial charge in [0.25, 0.3) is 0 Å². The Labute approximate surface area is 339 Å². The normalized spacial score (nSPS) is 11.5. The number of benzene rings is 7. The molecule has 0 N–H and O–H groups in total. The molecule has 0 aliphatic carbocycles. The van der Waals surface area contributed by atoms with Gasteiger partial charge in [0.2, 0.25) is 0 Å². The molecule has 0 atom stereocenters. The lowest BCUT2D eigenvalue weighted by Crippen LogP contribution is -2.07. The fraction of sp³-hybridized carbons (Fsp3) is 0.122. The minimum atomic E-state index is 0.480. The van der Waals surface area contributed by atoms with Crippen LogP contribution in [0.2, 0.25) is 0 Å². The molecule has 3 aromatic heterocycles. The van der Waals surface area contributed by atoms with Crippen LogP contribution in [-0.2, 0) is 0 Å². The van der Waals surface area contributed by atoms with E-state index in [2.05, 4.69) is 56.2 Å². The summed E-state index contributed by atoms with van der Waals surface area (Å²) in [6.07, 6.45) is 0. The van der Waals surface area contributed by atoms with Crippen molar-refractivity contribution in [2.75, 3.05) is 42.7 Å². The van der Waals surface area contributed by atoms with E-state index in [0.717, 1.165) is 106 Å². The molecule has 3 heterocycles. The highest BCUT2D eigenvalue weighted by atomic mass is 16.5. The number of ether oxygens (including phenoxy) is 6. The second-order valence-electron chi connectivity index (χ2n) is 14.3. The van der Waals surface area contributed by atoms with Gasteiger partial charge in [-0.3, -0.25) is 0 Å². The van der Waals surface area contributed by atoms with Crippen molar-refractivity contribution in [1.29, 1.82) is 5.26 Å². The highest BCUT2D eigenvalue weighted by Crippen LogP contribution is 2.44. The molecule has 0 saturated heterocycles. The van der Waals surface area contributed by atoms with Crippen molar-refractivity contribution in [3.63, 3.8) is 0 Å². The fourth-order valence-corrected chi connectivity index (χ4v) is 8.70. The minimum Gasteiger partial charge on any atom is -0.497 e. The number of nitriles is 1. The van der Waals surface area contributed by atoms with Crippen molar-refractivity contribution >= 4 is 65.4 Å². The first-order valence-corrected chi connectivity index (χ1v) is 19.0. The molecule has 0 fully saturated rings. The zero-order valence-electron chi connectivity index (χ0n) is 33.3. The van der Waals surface area contributed by atoms with E-state index in [1.54, 1.807) is 42.7 Å². The Morgan fingerprint density at radius 3 is 0.797 bits per heavy atom. The smallest absolute Gasteiger partial charge is 0.119 e. The van der Waals surface area contributed by atoms with Gasteiger partial charge >= 0.3 is 0 Å². The number of fused-ring (bicyclic) bond motifs is 9. The summed E-state index contributed by atoms with van der Waals surface area (Å²) in [5.74, 6) is 4.38. The van der Waals surface area contributed by atoms with Crippen LogP contribution in [0.4, 0.5) is 0 Å². The van der Waals surface area contributed by atoms with Crippen molar-refractivity contribution in [3.05, 3.63) is 127 Å². The van der Waals surface area contributed by atoms with E-state index in [1.165, 1.54) is 0 Å². The molecule has 290 valence electrons. The standard InChI is InChI=1S/C49H38N4O6/c1-54-29-7-13-42-35(21-29)36-22-30(55-2)8-14-43(36)51(42)28-19-48(52-44-15-9-31(56-3)23-37(44)38-24-32(57-4)10-16-45(38)52)41(27-50)49(20-28)53-46-17-11-33(58-5)25-39(46)40-26-34(59-6)12-18-47(40)53/h7-26H,1-6H3. The molecule has 10 rings (SSSR count). The van der Waals surface area contributed by atoms with Gasteiger partial charge in [0, 0.05) is 32.3 Å². The van der Waals surface area contributed by atoms with Gasteiger partial charge in [-0.25, -0.2) is 0 Å². The Bertz CT molecular complexity index is 3050. The molecule has 0 aliphatic heterocycles. The maximum absolute atomic E-state index is 11.5. The highest BCUT2D eigenvalue weighted by molar-refractivity contribution is 6.13. The molecule has 0 bridgehead atoms. The highest BCUT2D eigenvalue weighted by Gasteiger charge is 2.25. The lowest BCUT2D eigenvalue weighted by molar-refractivity contribution is 0.415. The van der Waals surface area contributed by atoms with Crippen molar-refractivity contribution in [2.24, 2.45) is 0 Å². The summed E-state index contributed by atoms with van der Waals surface area (Å²) in [5, 5.41) is 17.3. The molecular formula is C49H38N4O6. The van der Waals surface area contributed by atoms with Crippen LogP contribution in [0.3, 0.4) is 0 Å². The molecule has 7 aromatic carbocycles. The number of rotatable bonds is 9. The number of hydrogen-bond donors (Lipinski definition) is 0. The molecule has 0 aliphatic rings. The fourth-order valence-electron chi connectivity index (χ4n) is 8.70. The van der Waals surface area contributed by atoms with Crippen molar-refractivity contribution in [2.45, 2.75) is 0 Å². The second kappa shape index (κ2) is 13.7. The van der Waals surface area contributed by atoms with E-state index in [4.69, 9.17) is 28.4 Å². The van der Waals surface area contributed by atoms with Gasteiger partial charge in [-0.2, -0.15) is 5.26 Å². The summed E-state index contributed by atoms with van der Waals surface area (Å²) in [7, 11) is 10.0. The van der Waals surface area contributed by atoms with E-state index >= 15 is 0 Å². The Morgan fingerprint density at radius 1 is 0.339 bits per heavy atom. The zero-order chi connectivity index (χ0) is 40.5. The van der Waals surface area contributed by atoms with Crippen LogP contribution >= 0.6 is 0 Å². The van der Waals surface area contributed by atoms with Gasteiger partial charge in [0.1, 0.15) is 46.1 Å². The Balaban J connectivity index is 1.40. The Hall–Kier alpha value is -7.77. The molecule has 10 aromatic rings. The molecule has 10 nitrogen and oxygen atoms in total. The molecular weight excluding hydrogens is 741 g/mol. The van der Waals surface area contributed by atoms with Crippen molar-refractivity contribution in [1.82, 2.24) is 13.7 Å². The quantitative estimate of drug-likeness (QED) is 0.144. The first-order chi connectivity index (χ1) is 28.9. The summed E-state index contributed by atoms with van der Waals surface area (Å²) in [4.78, 5) is 0. The van der Waals surface area contributed by atoms with Gasteiger partial charge in [0.15, 0.2) is 0 Å². The summed E-state index contributed by atoms with van der Waals surface area (Å²) in [6, 6.07) is 43.3. The summed E-state index contributed by atoms with van der Waals surface area (Å²) in [6.45, 7) is 0. The van der Waals surface area contributed by atoms with Gasteiger partial charge < -0.3 is 42.1 Å². The number of nitrogens with zero attached hydrogens (tertiary/aromatic N) is 4. The van der Waals surface area contributed by atoms with Crippen molar-refractivity contribution in [3.8, 4) is 57.6 Å². The Kier molecular flexibility index (Phi) is 8.28. The molecule has 0 saturated carbocycles. The largest absolute Gasteiger partial charge is 0.497 e. The molecule has 0 amide bonds. The molecule has 10 heteroatoms. The summed E-state index contributed by atoms with van der Waals surface area (Å²) < 4.78 is 40.9. The first kappa shape index (κ1) is 35.6. The lowest BCUT2D eigenvalue weighted by Gasteiger charge is -2.19. The third-order valence-electron chi connectivity index (χ3n) is 11.5. The predicted molar refractivity (Wildman–Crippen MR) is 233 cm³/mol. The first-order valence-electron chi connectivity index (χ1n) is 19.0. The van der Waals surface area contributed by atoms with Gasteiger partial charge in [-0.05, 0) is 121 Å². The van der Waals surface area contributed by atoms with Crippen LogP contribution in [0, 0.1) is 11.3 Å². The molecule has 0 unspecified atom stereocenters. The van der Waals surface area contributed by atoms with E-state index in [-0.39, 0.29) is 0 Å². The second-order valence-corrected chi connectivity index (χ2v) is 14.3. The van der Waals surface area contributed by atoms with Crippen molar-refractivity contribution < 1.29 is 28.4 Å². The molecule has 0 radical (unpaired) electrons. The van der Waals surface area contributed by atoms with E-state index in [0.29, 0.717) is 16.9 Å². The van der Waals surface area contributed by atoms with Crippen LogP contribution in [0.1, 0.15) is 5.56 Å². The number of hydrogen-bond acceptors (Lipinski definition) is 7. The topological polar surface area (TPSA) is 94.0 Å². The van der Waals surface area contributed by atoms with Crippen LogP contribution in [0.15, 0.2) is 121 Å². The third-order valence-corrected chi connectivity index (χ3v) is 11.5. The summed E-state index contributed by atoms with van der Waals surface area (Å²) >= 11 is 0. The maximum atomic E-state index is 11.5. The van der Waals surface area contributed by atoms with Crippen LogP contribution in [-0.4, -0.2) is 56.4 Å². The lowest BCUT2D eigenvalue weighted by atomic mass is 10.1. The Morgan fingerprint density at radius 2 is 0.576 bits per heavy atom. The van der Waals surface area contributed by atoms with Crippen LogP contribution in [0.5, 0.6) is 34.5 Å². The SMILES string of the molecule is COc1ccc2c(c1)c1cc(OC)ccc1n2-c1cc(-n2c3ccc(OC)cc3c3cc(OC)ccc32)c(C#N)c(-n2c3ccc(OC)cc3c3cc(OC)ccc32)c1. The zero-order valence-corrected chi connectivity index (χ0v) is 33.3. The monoisotopic (exact) mass is 778 g/mol. The van der Waals surface area contributed by atoms with E-state index in [9.17, 15) is 5.26 Å². The average Bonchev–Trinajstić information content (AvgIpc) is 3.91. The average molecular weight is 779 g/mol. The van der Waals surface area contributed by atoms with Gasteiger partial charge in [0.05, 0.1) is 92.8 Å².